The maximum absolute atomic E-state index is 13.8. The number of amides is 2. The summed E-state index contributed by atoms with van der Waals surface area (Å²) in [4.78, 5) is 29.7. The molecule has 3 aromatic rings. The summed E-state index contributed by atoms with van der Waals surface area (Å²) in [6.45, 7) is 8.10. The lowest BCUT2D eigenvalue weighted by molar-refractivity contribution is -0.123. The average Bonchev–Trinajstić information content (AvgIpc) is 2.90. The van der Waals surface area contributed by atoms with Crippen LogP contribution in [0.2, 0.25) is 0 Å². The highest BCUT2D eigenvalue weighted by atomic mass is 19.1. The Labute approximate surface area is 234 Å². The molecule has 0 spiro atoms. The summed E-state index contributed by atoms with van der Waals surface area (Å²) in [7, 11) is 0. The first-order valence-electron chi connectivity index (χ1n) is 13.8. The monoisotopic (exact) mass is 544 g/mol. The number of aromatic hydroxyl groups is 1. The zero-order valence-electron chi connectivity index (χ0n) is 23.3. The minimum Gasteiger partial charge on any atom is -0.508 e. The molecule has 0 unspecified atom stereocenters. The third-order valence-corrected chi connectivity index (χ3v) is 8.20. The van der Waals surface area contributed by atoms with Gasteiger partial charge in [0.05, 0.1) is 12.1 Å². The molecule has 7 nitrogen and oxygen atoms in total. The highest BCUT2D eigenvalue weighted by Gasteiger charge is 2.30. The number of benzene rings is 3. The average molecular weight is 545 g/mol. The largest absolute Gasteiger partial charge is 0.508 e. The molecule has 2 aliphatic rings. The predicted octanol–water partition coefficient (Wildman–Crippen LogP) is 4.19. The summed E-state index contributed by atoms with van der Waals surface area (Å²) < 4.78 is 13.8. The third-order valence-electron chi connectivity index (χ3n) is 8.20. The van der Waals surface area contributed by atoms with Crippen LogP contribution in [0.25, 0.3) is 0 Å². The summed E-state index contributed by atoms with van der Waals surface area (Å²) in [5.41, 5.74) is 14.1. The van der Waals surface area contributed by atoms with E-state index in [0.717, 1.165) is 52.0 Å². The van der Waals surface area contributed by atoms with Crippen LogP contribution in [0.1, 0.15) is 58.3 Å². The fraction of sp³-hybridized carbons (Fsp3) is 0.375. The van der Waals surface area contributed by atoms with Crippen LogP contribution in [-0.4, -0.2) is 41.0 Å². The molecule has 0 fully saturated rings. The van der Waals surface area contributed by atoms with Gasteiger partial charge in [0.2, 0.25) is 11.8 Å². The lowest BCUT2D eigenvalue weighted by Crippen LogP contribution is -2.46. The Bertz CT molecular complexity index is 1430. The second-order valence-electron chi connectivity index (χ2n) is 11.2. The van der Waals surface area contributed by atoms with Crippen LogP contribution in [-0.2, 0) is 35.5 Å². The number of phenols is 1. The van der Waals surface area contributed by atoms with Gasteiger partial charge in [-0.25, -0.2) is 4.39 Å². The van der Waals surface area contributed by atoms with Crippen LogP contribution < -0.4 is 16.0 Å². The molecule has 2 atom stereocenters. The quantitative estimate of drug-likeness (QED) is 0.432. The van der Waals surface area contributed by atoms with Crippen molar-refractivity contribution < 1.29 is 19.1 Å². The van der Waals surface area contributed by atoms with Gasteiger partial charge in [-0.3, -0.25) is 14.5 Å². The van der Waals surface area contributed by atoms with Crippen LogP contribution in [0, 0.1) is 19.7 Å². The van der Waals surface area contributed by atoms with Gasteiger partial charge in [-0.05, 0) is 102 Å². The van der Waals surface area contributed by atoms with Gasteiger partial charge in [-0.15, -0.1) is 0 Å². The van der Waals surface area contributed by atoms with Gasteiger partial charge in [0, 0.05) is 38.8 Å². The Kier molecular flexibility index (Phi) is 7.92. The highest BCUT2D eigenvalue weighted by molar-refractivity contribution is 5.93. The number of phenolic OH excluding ortho intramolecular Hbond substituents is 1. The summed E-state index contributed by atoms with van der Waals surface area (Å²) in [5, 5.41) is 13.0. The van der Waals surface area contributed by atoms with E-state index in [0.29, 0.717) is 32.5 Å². The van der Waals surface area contributed by atoms with Crippen LogP contribution in [0.3, 0.4) is 0 Å². The van der Waals surface area contributed by atoms with E-state index in [-0.39, 0.29) is 29.4 Å². The number of nitrogens with one attached hydrogen (secondary N) is 1. The predicted molar refractivity (Wildman–Crippen MR) is 153 cm³/mol. The number of hydrogen-bond donors (Lipinski definition) is 3. The van der Waals surface area contributed by atoms with Crippen molar-refractivity contribution in [3.8, 4) is 5.75 Å². The van der Waals surface area contributed by atoms with Crippen LogP contribution in [0.5, 0.6) is 5.75 Å². The first kappa shape index (κ1) is 27.8. The van der Waals surface area contributed by atoms with E-state index in [1.807, 2.05) is 32.0 Å². The van der Waals surface area contributed by atoms with Crippen molar-refractivity contribution in [3.05, 3.63) is 93.3 Å². The molecule has 0 saturated heterocycles. The Morgan fingerprint density at radius 2 is 1.82 bits per heavy atom. The molecule has 2 heterocycles. The number of hydrogen-bond acceptors (Lipinski definition) is 5. The number of nitrogens with zero attached hydrogens (tertiary/aromatic N) is 2. The van der Waals surface area contributed by atoms with E-state index in [1.54, 1.807) is 30.0 Å². The van der Waals surface area contributed by atoms with E-state index >= 15 is 0 Å². The number of aryl methyl sites for hydroxylation is 2. The van der Waals surface area contributed by atoms with Gasteiger partial charge >= 0.3 is 0 Å². The maximum atomic E-state index is 13.8. The lowest BCUT2D eigenvalue weighted by Gasteiger charge is -2.35. The van der Waals surface area contributed by atoms with Gasteiger partial charge in [-0.1, -0.05) is 18.2 Å². The molecule has 2 amide bonds. The topological polar surface area (TPSA) is 98.9 Å². The highest BCUT2D eigenvalue weighted by Crippen LogP contribution is 2.35. The van der Waals surface area contributed by atoms with E-state index < -0.39 is 6.04 Å². The van der Waals surface area contributed by atoms with Gasteiger partial charge in [0.15, 0.2) is 0 Å². The molecule has 3 aromatic carbocycles. The number of nitrogens with two attached hydrogens (primary N) is 1. The fourth-order valence-corrected chi connectivity index (χ4v) is 6.10. The van der Waals surface area contributed by atoms with Crippen molar-refractivity contribution in [2.24, 2.45) is 5.73 Å². The summed E-state index contributed by atoms with van der Waals surface area (Å²) >= 11 is 0. The molecule has 4 N–H and O–H groups in total. The standard InChI is InChI=1S/C32H37FN4O3/c1-19-12-26(39)13-20(2)27(19)16-29(34)32(40)35-30-9-11-37(21(3)38)31-7-4-22(14-28(30)31)17-36-10-8-23-5-6-25(33)15-24(23)18-36/h4-7,12-15,29-30,39H,8-11,16-18,34H2,1-3H3,(H,35,40)/t29-,30+/m0/s1. The number of anilines is 1. The minimum absolute atomic E-state index is 0.0385. The Hall–Kier alpha value is -3.75. The molecule has 0 bridgehead atoms. The lowest BCUT2D eigenvalue weighted by atomic mass is 9.92. The summed E-state index contributed by atoms with van der Waals surface area (Å²) in [6, 6.07) is 13.4. The molecule has 0 aromatic heterocycles. The van der Waals surface area contributed by atoms with Gasteiger partial charge in [-0.2, -0.15) is 0 Å². The Balaban J connectivity index is 1.34. The van der Waals surface area contributed by atoms with Crippen molar-refractivity contribution in [2.75, 3.05) is 18.0 Å². The zero-order chi connectivity index (χ0) is 28.6. The molecule has 0 radical (unpaired) electrons. The van der Waals surface area contributed by atoms with Crippen molar-refractivity contribution >= 4 is 17.5 Å². The molecular formula is C32H37FN4O3. The number of halogens is 1. The molecular weight excluding hydrogens is 507 g/mol. The van der Waals surface area contributed by atoms with Gasteiger partial charge in [0.25, 0.3) is 0 Å². The second kappa shape index (κ2) is 11.4. The molecule has 40 heavy (non-hydrogen) atoms. The normalized spacial score (nSPS) is 17.6. The maximum Gasteiger partial charge on any atom is 0.237 e. The third kappa shape index (κ3) is 5.88. The smallest absolute Gasteiger partial charge is 0.237 e. The first-order valence-corrected chi connectivity index (χ1v) is 13.8. The van der Waals surface area contributed by atoms with E-state index in [9.17, 15) is 19.1 Å². The SMILES string of the molecule is CC(=O)N1CC[C@@H](NC(=O)[C@@H](N)Cc2c(C)cc(O)cc2C)c2cc(CN3CCc4ccc(F)cc4C3)ccc21. The van der Waals surface area contributed by atoms with Crippen LogP contribution in [0.15, 0.2) is 48.5 Å². The second-order valence-corrected chi connectivity index (χ2v) is 11.2. The van der Waals surface area contributed by atoms with Gasteiger partial charge < -0.3 is 21.1 Å². The summed E-state index contributed by atoms with van der Waals surface area (Å²) in [5.74, 6) is -0.309. The number of carbonyl (C=O) groups excluding carboxylic acids is 2. The van der Waals surface area contributed by atoms with E-state index in [2.05, 4.69) is 16.3 Å². The fourth-order valence-electron chi connectivity index (χ4n) is 6.10. The van der Waals surface area contributed by atoms with Crippen molar-refractivity contribution in [1.82, 2.24) is 10.2 Å². The molecule has 5 rings (SSSR count). The van der Waals surface area contributed by atoms with Crippen molar-refractivity contribution in [3.63, 3.8) is 0 Å². The zero-order valence-corrected chi connectivity index (χ0v) is 23.3. The number of fused-ring (bicyclic) bond motifs is 2. The molecule has 0 saturated carbocycles. The Morgan fingerprint density at radius 3 is 2.55 bits per heavy atom. The Morgan fingerprint density at radius 1 is 1.07 bits per heavy atom. The molecule has 210 valence electrons. The van der Waals surface area contributed by atoms with Crippen molar-refractivity contribution in [1.29, 1.82) is 0 Å². The van der Waals surface area contributed by atoms with Crippen molar-refractivity contribution in [2.45, 2.75) is 65.2 Å². The molecule has 8 heteroatoms. The number of rotatable bonds is 6. The first-order chi connectivity index (χ1) is 19.1. The van der Waals surface area contributed by atoms with Crippen LogP contribution >= 0.6 is 0 Å². The van der Waals surface area contributed by atoms with Crippen LogP contribution in [0.4, 0.5) is 10.1 Å². The molecule has 2 aliphatic heterocycles. The molecule has 0 aliphatic carbocycles. The van der Waals surface area contributed by atoms with Gasteiger partial charge in [0.1, 0.15) is 11.6 Å². The van der Waals surface area contributed by atoms with E-state index in [4.69, 9.17) is 5.73 Å². The minimum atomic E-state index is -0.756. The van der Waals surface area contributed by atoms with E-state index in [1.165, 1.54) is 11.6 Å². The summed E-state index contributed by atoms with van der Waals surface area (Å²) in [6.07, 6.45) is 1.82. The number of carbonyl (C=O) groups is 2.